The van der Waals surface area contributed by atoms with Crippen LogP contribution in [0.1, 0.15) is 65.1 Å². The van der Waals surface area contributed by atoms with E-state index in [0.29, 0.717) is 18.1 Å². The Labute approximate surface area is 130 Å². The Hall–Kier alpha value is -1.92. The van der Waals surface area contributed by atoms with Gasteiger partial charge in [-0.05, 0) is 12.8 Å². The molecule has 0 aliphatic rings. The van der Waals surface area contributed by atoms with Crippen LogP contribution >= 0.6 is 0 Å². The number of hydrogen-bond donors (Lipinski definition) is 2. The lowest BCUT2D eigenvalue weighted by Crippen LogP contribution is -2.51. The van der Waals surface area contributed by atoms with Crippen LogP contribution in [0, 0.1) is 5.92 Å². The van der Waals surface area contributed by atoms with E-state index in [2.05, 4.69) is 15.5 Å². The molecule has 0 spiro atoms. The van der Waals surface area contributed by atoms with Gasteiger partial charge >= 0.3 is 5.97 Å². The molecule has 22 heavy (non-hydrogen) atoms. The second-order valence-corrected chi connectivity index (χ2v) is 6.39. The molecule has 2 N–H and O–H groups in total. The van der Waals surface area contributed by atoms with Crippen molar-refractivity contribution in [2.24, 2.45) is 5.92 Å². The molecular weight excluding hydrogens is 286 g/mol. The number of nitrogens with zero attached hydrogens (tertiary/aromatic N) is 2. The maximum atomic E-state index is 12.1. The summed E-state index contributed by atoms with van der Waals surface area (Å²) in [5.41, 5.74) is -0.777. The lowest BCUT2D eigenvalue weighted by molar-refractivity contribution is -0.139. The molecule has 1 rings (SSSR count). The van der Waals surface area contributed by atoms with Crippen molar-refractivity contribution in [3.8, 4) is 0 Å². The summed E-state index contributed by atoms with van der Waals surface area (Å²) in [5, 5.41) is 15.6. The predicted octanol–water partition coefficient (Wildman–Crippen LogP) is 2.13. The van der Waals surface area contributed by atoms with E-state index in [1.807, 2.05) is 27.7 Å². The Kier molecular flexibility index (Phi) is 6.08. The number of aromatic nitrogens is 2. The number of amides is 1. The third-order valence-electron chi connectivity index (χ3n) is 3.78. The van der Waals surface area contributed by atoms with Gasteiger partial charge in [0.25, 0.3) is 0 Å². The topological polar surface area (TPSA) is 105 Å². The Morgan fingerprint density at radius 1 is 1.32 bits per heavy atom. The average molecular weight is 311 g/mol. The SMILES string of the molecule is CC(C)c1noc(CCC(=O)NC(C)(CC(=O)O)C(C)C)n1. The van der Waals surface area contributed by atoms with Crippen molar-refractivity contribution < 1.29 is 19.2 Å². The molecule has 0 saturated heterocycles. The van der Waals surface area contributed by atoms with E-state index in [-0.39, 0.29) is 30.6 Å². The summed E-state index contributed by atoms with van der Waals surface area (Å²) in [6, 6.07) is 0. The molecule has 124 valence electrons. The smallest absolute Gasteiger partial charge is 0.305 e. The minimum atomic E-state index is -0.935. The van der Waals surface area contributed by atoms with Crippen LogP contribution in [-0.2, 0) is 16.0 Å². The molecule has 1 amide bonds. The first-order chi connectivity index (χ1) is 10.1. The summed E-state index contributed by atoms with van der Waals surface area (Å²) < 4.78 is 5.08. The minimum absolute atomic E-state index is 0.00324. The van der Waals surface area contributed by atoms with Gasteiger partial charge in [-0.3, -0.25) is 9.59 Å². The van der Waals surface area contributed by atoms with E-state index in [1.54, 1.807) is 6.92 Å². The summed E-state index contributed by atoms with van der Waals surface area (Å²) >= 11 is 0. The van der Waals surface area contributed by atoms with Crippen LogP contribution in [0.25, 0.3) is 0 Å². The zero-order valence-corrected chi connectivity index (χ0v) is 13.8. The van der Waals surface area contributed by atoms with Gasteiger partial charge in [0.2, 0.25) is 11.8 Å². The first-order valence-corrected chi connectivity index (χ1v) is 7.49. The number of carbonyl (C=O) groups excluding carboxylic acids is 1. The number of rotatable bonds is 8. The summed E-state index contributed by atoms with van der Waals surface area (Å²) in [6.07, 6.45) is 0.406. The highest BCUT2D eigenvalue weighted by atomic mass is 16.5. The molecule has 0 aliphatic carbocycles. The van der Waals surface area contributed by atoms with Gasteiger partial charge in [0.05, 0.1) is 6.42 Å². The number of carboxylic acid groups (broad SMARTS) is 1. The van der Waals surface area contributed by atoms with E-state index >= 15 is 0 Å². The van der Waals surface area contributed by atoms with Crippen LogP contribution in [0.5, 0.6) is 0 Å². The van der Waals surface area contributed by atoms with Gasteiger partial charge in [-0.15, -0.1) is 0 Å². The summed E-state index contributed by atoms with van der Waals surface area (Å²) in [4.78, 5) is 27.2. The molecule has 0 aliphatic heterocycles. The average Bonchev–Trinajstić information content (AvgIpc) is 2.84. The van der Waals surface area contributed by atoms with Crippen LogP contribution in [-0.4, -0.2) is 32.7 Å². The zero-order valence-electron chi connectivity index (χ0n) is 13.8. The van der Waals surface area contributed by atoms with Gasteiger partial charge in [0.1, 0.15) is 0 Å². The second-order valence-electron chi connectivity index (χ2n) is 6.39. The monoisotopic (exact) mass is 311 g/mol. The van der Waals surface area contributed by atoms with Crippen LogP contribution in [0.3, 0.4) is 0 Å². The summed E-state index contributed by atoms with van der Waals surface area (Å²) in [7, 11) is 0. The lowest BCUT2D eigenvalue weighted by atomic mass is 9.85. The molecule has 1 heterocycles. The zero-order chi connectivity index (χ0) is 16.9. The van der Waals surface area contributed by atoms with Gasteiger partial charge in [0, 0.05) is 24.3 Å². The molecule has 7 nitrogen and oxygen atoms in total. The van der Waals surface area contributed by atoms with Gasteiger partial charge in [-0.25, -0.2) is 0 Å². The van der Waals surface area contributed by atoms with E-state index in [0.717, 1.165) is 0 Å². The minimum Gasteiger partial charge on any atom is -0.481 e. The molecule has 0 saturated carbocycles. The fourth-order valence-corrected chi connectivity index (χ4v) is 1.91. The molecule has 1 unspecified atom stereocenters. The molecular formula is C15H25N3O4. The first-order valence-electron chi connectivity index (χ1n) is 7.49. The van der Waals surface area contributed by atoms with Gasteiger partial charge in [0.15, 0.2) is 5.82 Å². The number of carbonyl (C=O) groups is 2. The quantitative estimate of drug-likeness (QED) is 0.762. The Balaban J connectivity index is 2.58. The van der Waals surface area contributed by atoms with Crippen molar-refractivity contribution in [2.75, 3.05) is 0 Å². The van der Waals surface area contributed by atoms with Gasteiger partial charge < -0.3 is 14.9 Å². The molecule has 1 aromatic heterocycles. The maximum Gasteiger partial charge on any atom is 0.305 e. The van der Waals surface area contributed by atoms with Gasteiger partial charge in [-0.1, -0.05) is 32.9 Å². The highest BCUT2D eigenvalue weighted by Gasteiger charge is 2.32. The fraction of sp³-hybridized carbons (Fsp3) is 0.733. The van der Waals surface area contributed by atoms with Crippen LogP contribution in [0.2, 0.25) is 0 Å². The number of hydrogen-bond acceptors (Lipinski definition) is 5. The van der Waals surface area contributed by atoms with Crippen LogP contribution in [0.4, 0.5) is 0 Å². The molecule has 0 radical (unpaired) electrons. The number of aliphatic carboxylic acids is 1. The maximum absolute atomic E-state index is 12.1. The molecule has 0 bridgehead atoms. The van der Waals surface area contributed by atoms with E-state index in [1.165, 1.54) is 0 Å². The summed E-state index contributed by atoms with van der Waals surface area (Å²) in [5.74, 6) is 0.0583. The van der Waals surface area contributed by atoms with E-state index < -0.39 is 11.5 Å². The van der Waals surface area contributed by atoms with Crippen molar-refractivity contribution in [3.63, 3.8) is 0 Å². The summed E-state index contributed by atoms with van der Waals surface area (Å²) in [6.45, 7) is 9.43. The third kappa shape index (κ3) is 5.13. The molecule has 0 fully saturated rings. The van der Waals surface area contributed by atoms with Crippen LogP contribution in [0.15, 0.2) is 4.52 Å². The van der Waals surface area contributed by atoms with Crippen molar-refractivity contribution >= 4 is 11.9 Å². The highest BCUT2D eigenvalue weighted by molar-refractivity contribution is 5.78. The largest absolute Gasteiger partial charge is 0.481 e. The van der Waals surface area contributed by atoms with Crippen molar-refractivity contribution in [3.05, 3.63) is 11.7 Å². The van der Waals surface area contributed by atoms with Gasteiger partial charge in [-0.2, -0.15) is 4.98 Å². The van der Waals surface area contributed by atoms with E-state index in [4.69, 9.17) is 9.63 Å². The Bertz CT molecular complexity index is 525. The van der Waals surface area contributed by atoms with Crippen molar-refractivity contribution in [1.82, 2.24) is 15.5 Å². The predicted molar refractivity (Wildman–Crippen MR) is 80.3 cm³/mol. The number of carboxylic acids is 1. The molecule has 0 aromatic carbocycles. The molecule has 7 heteroatoms. The Morgan fingerprint density at radius 2 is 1.95 bits per heavy atom. The molecule has 1 atom stereocenters. The van der Waals surface area contributed by atoms with E-state index in [9.17, 15) is 9.59 Å². The van der Waals surface area contributed by atoms with Crippen molar-refractivity contribution in [1.29, 1.82) is 0 Å². The standard InChI is InChI=1S/C15H25N3O4/c1-9(2)14-16-12(22-18-14)7-6-11(19)17-15(5,10(3)4)8-13(20)21/h9-10H,6-8H2,1-5H3,(H,17,19)(H,20,21). The number of aryl methyl sites for hydroxylation is 1. The fourth-order valence-electron chi connectivity index (χ4n) is 1.91. The van der Waals surface area contributed by atoms with Crippen molar-refractivity contribution in [2.45, 2.75) is 65.3 Å². The first kappa shape index (κ1) is 18.1. The lowest BCUT2D eigenvalue weighted by Gasteiger charge is -2.33. The molecule has 1 aromatic rings. The normalized spacial score (nSPS) is 14.1. The Morgan fingerprint density at radius 3 is 2.41 bits per heavy atom. The highest BCUT2D eigenvalue weighted by Crippen LogP contribution is 2.21. The number of nitrogens with one attached hydrogen (secondary N) is 1. The third-order valence-corrected chi connectivity index (χ3v) is 3.78. The van der Waals surface area contributed by atoms with Crippen LogP contribution < -0.4 is 5.32 Å². The second kappa shape index (κ2) is 7.38.